The van der Waals surface area contributed by atoms with Crippen LogP contribution in [0.15, 0.2) is 47.1 Å². The van der Waals surface area contributed by atoms with Crippen LogP contribution in [0, 0.1) is 0 Å². The second-order valence-electron chi connectivity index (χ2n) is 4.13. The van der Waals surface area contributed by atoms with Gasteiger partial charge in [-0.15, -0.1) is 11.8 Å². The standard InChI is InChI=1S/C14H15NO2S/c1-16-12-6-4-11(5-7-12)15-8-10-18-14(15)13-3-2-9-17-13/h2-7,9,14H,8,10H2,1H3. The number of hydrogen-bond donors (Lipinski definition) is 0. The molecule has 1 unspecified atom stereocenters. The molecule has 4 heteroatoms. The van der Waals surface area contributed by atoms with Crippen LogP contribution >= 0.6 is 11.8 Å². The van der Waals surface area contributed by atoms with Crippen molar-refractivity contribution in [2.75, 3.05) is 24.3 Å². The van der Waals surface area contributed by atoms with Gasteiger partial charge in [0.15, 0.2) is 0 Å². The molecule has 3 nitrogen and oxygen atoms in total. The fraction of sp³-hybridized carbons (Fsp3) is 0.286. The molecular formula is C14H15NO2S. The van der Waals surface area contributed by atoms with E-state index in [0.717, 1.165) is 23.8 Å². The highest BCUT2D eigenvalue weighted by Crippen LogP contribution is 2.41. The van der Waals surface area contributed by atoms with Crippen LogP contribution in [0.1, 0.15) is 11.1 Å². The van der Waals surface area contributed by atoms with Crippen molar-refractivity contribution in [2.24, 2.45) is 0 Å². The van der Waals surface area contributed by atoms with E-state index in [-0.39, 0.29) is 5.37 Å². The molecule has 3 rings (SSSR count). The lowest BCUT2D eigenvalue weighted by atomic mass is 10.2. The summed E-state index contributed by atoms with van der Waals surface area (Å²) in [6.45, 7) is 1.04. The van der Waals surface area contributed by atoms with Gasteiger partial charge in [0.1, 0.15) is 16.9 Å². The third-order valence-corrected chi connectivity index (χ3v) is 4.30. The fourth-order valence-electron chi connectivity index (χ4n) is 2.18. The van der Waals surface area contributed by atoms with E-state index in [0.29, 0.717) is 0 Å². The van der Waals surface area contributed by atoms with Crippen LogP contribution in [0.4, 0.5) is 5.69 Å². The molecule has 0 N–H and O–H groups in total. The number of furan rings is 1. The molecule has 0 saturated carbocycles. The number of benzene rings is 1. The zero-order valence-electron chi connectivity index (χ0n) is 10.2. The average Bonchev–Trinajstić information content (AvgIpc) is 3.09. The van der Waals surface area contributed by atoms with E-state index in [9.17, 15) is 0 Å². The number of anilines is 1. The number of hydrogen-bond acceptors (Lipinski definition) is 4. The van der Waals surface area contributed by atoms with Gasteiger partial charge in [0.25, 0.3) is 0 Å². The minimum absolute atomic E-state index is 0.286. The van der Waals surface area contributed by atoms with Gasteiger partial charge < -0.3 is 14.1 Å². The summed E-state index contributed by atoms with van der Waals surface area (Å²) >= 11 is 1.91. The van der Waals surface area contributed by atoms with Crippen LogP contribution in [-0.4, -0.2) is 19.4 Å². The van der Waals surface area contributed by atoms with Gasteiger partial charge in [-0.1, -0.05) is 0 Å². The second kappa shape index (κ2) is 4.98. The largest absolute Gasteiger partial charge is 0.497 e. The Morgan fingerprint density at radius 2 is 2.11 bits per heavy atom. The Bertz CT molecular complexity index is 495. The molecule has 1 aromatic carbocycles. The number of thioether (sulfide) groups is 1. The highest BCUT2D eigenvalue weighted by Gasteiger charge is 2.28. The molecule has 2 heterocycles. The quantitative estimate of drug-likeness (QED) is 0.844. The molecule has 2 aromatic rings. The molecule has 0 radical (unpaired) electrons. The summed E-state index contributed by atoms with van der Waals surface area (Å²) in [5.41, 5.74) is 1.21. The lowest BCUT2D eigenvalue weighted by molar-refractivity contribution is 0.415. The lowest BCUT2D eigenvalue weighted by Crippen LogP contribution is -2.21. The highest BCUT2D eigenvalue weighted by molar-refractivity contribution is 7.99. The Hall–Kier alpha value is -1.55. The molecule has 94 valence electrons. The van der Waals surface area contributed by atoms with E-state index in [4.69, 9.17) is 9.15 Å². The minimum atomic E-state index is 0.286. The molecule has 1 aromatic heterocycles. The molecule has 1 saturated heterocycles. The Balaban J connectivity index is 1.85. The molecule has 1 atom stereocenters. The molecule has 1 fully saturated rings. The molecule has 0 spiro atoms. The van der Waals surface area contributed by atoms with Crippen LogP contribution in [0.25, 0.3) is 0 Å². The first-order chi connectivity index (χ1) is 8.88. The van der Waals surface area contributed by atoms with Gasteiger partial charge in [-0.05, 0) is 36.4 Å². The summed E-state index contributed by atoms with van der Waals surface area (Å²) in [5, 5.41) is 0.286. The minimum Gasteiger partial charge on any atom is -0.497 e. The predicted molar refractivity (Wildman–Crippen MR) is 74.2 cm³/mol. The molecular weight excluding hydrogens is 246 g/mol. The number of methoxy groups -OCH3 is 1. The maximum Gasteiger partial charge on any atom is 0.136 e. The molecule has 1 aliphatic heterocycles. The van der Waals surface area contributed by atoms with Gasteiger partial charge >= 0.3 is 0 Å². The van der Waals surface area contributed by atoms with Crippen molar-refractivity contribution in [1.29, 1.82) is 0 Å². The summed E-state index contributed by atoms with van der Waals surface area (Å²) in [5.74, 6) is 3.03. The van der Waals surface area contributed by atoms with Crippen molar-refractivity contribution in [2.45, 2.75) is 5.37 Å². The highest BCUT2D eigenvalue weighted by atomic mass is 32.2. The Morgan fingerprint density at radius 3 is 2.78 bits per heavy atom. The first kappa shape index (κ1) is 11.5. The SMILES string of the molecule is COc1ccc(N2CCSC2c2ccco2)cc1. The third kappa shape index (κ3) is 2.08. The number of ether oxygens (including phenoxy) is 1. The van der Waals surface area contributed by atoms with Crippen LogP contribution in [0.3, 0.4) is 0 Å². The molecule has 0 amide bonds. The van der Waals surface area contributed by atoms with Crippen LogP contribution < -0.4 is 9.64 Å². The maximum atomic E-state index is 5.53. The van der Waals surface area contributed by atoms with E-state index < -0.39 is 0 Å². The van der Waals surface area contributed by atoms with Gasteiger partial charge in [0.2, 0.25) is 0 Å². The average molecular weight is 261 g/mol. The molecule has 0 bridgehead atoms. The summed E-state index contributed by atoms with van der Waals surface area (Å²) < 4.78 is 10.7. The van der Waals surface area contributed by atoms with Crippen molar-refractivity contribution in [1.82, 2.24) is 0 Å². The number of nitrogens with zero attached hydrogens (tertiary/aromatic N) is 1. The molecule has 1 aliphatic rings. The van der Waals surface area contributed by atoms with Gasteiger partial charge in [-0.2, -0.15) is 0 Å². The summed E-state index contributed by atoms with van der Waals surface area (Å²) in [4.78, 5) is 2.36. The van der Waals surface area contributed by atoms with Crippen LogP contribution in [-0.2, 0) is 0 Å². The number of rotatable bonds is 3. The van der Waals surface area contributed by atoms with Crippen molar-refractivity contribution in [3.63, 3.8) is 0 Å². The summed E-state index contributed by atoms with van der Waals surface area (Å²) in [7, 11) is 1.69. The summed E-state index contributed by atoms with van der Waals surface area (Å²) in [6, 6.07) is 12.2. The lowest BCUT2D eigenvalue weighted by Gasteiger charge is -2.24. The van der Waals surface area contributed by atoms with Crippen molar-refractivity contribution >= 4 is 17.4 Å². The van der Waals surface area contributed by atoms with Crippen LogP contribution in [0.2, 0.25) is 0 Å². The van der Waals surface area contributed by atoms with E-state index in [1.807, 2.05) is 36.0 Å². The van der Waals surface area contributed by atoms with E-state index in [2.05, 4.69) is 17.0 Å². The van der Waals surface area contributed by atoms with E-state index >= 15 is 0 Å². The zero-order chi connectivity index (χ0) is 12.4. The zero-order valence-corrected chi connectivity index (χ0v) is 11.0. The Labute approximate surface area is 111 Å². The van der Waals surface area contributed by atoms with Gasteiger partial charge in [-0.25, -0.2) is 0 Å². The van der Waals surface area contributed by atoms with Crippen molar-refractivity contribution < 1.29 is 9.15 Å². The van der Waals surface area contributed by atoms with Crippen molar-refractivity contribution in [3.05, 3.63) is 48.4 Å². The normalized spacial score (nSPS) is 19.2. The fourth-order valence-corrected chi connectivity index (χ4v) is 3.41. The topological polar surface area (TPSA) is 25.6 Å². The third-order valence-electron chi connectivity index (χ3n) is 3.08. The Morgan fingerprint density at radius 1 is 1.28 bits per heavy atom. The van der Waals surface area contributed by atoms with Gasteiger partial charge in [0.05, 0.1) is 13.4 Å². The maximum absolute atomic E-state index is 5.53. The Kier molecular flexibility index (Phi) is 3.19. The van der Waals surface area contributed by atoms with Gasteiger partial charge in [-0.3, -0.25) is 0 Å². The van der Waals surface area contributed by atoms with Crippen LogP contribution in [0.5, 0.6) is 5.75 Å². The van der Waals surface area contributed by atoms with E-state index in [1.54, 1.807) is 13.4 Å². The first-order valence-electron chi connectivity index (χ1n) is 5.94. The first-order valence-corrected chi connectivity index (χ1v) is 6.99. The predicted octanol–water partition coefficient (Wildman–Crippen LogP) is 3.54. The van der Waals surface area contributed by atoms with Crippen molar-refractivity contribution in [3.8, 4) is 5.75 Å². The molecule has 18 heavy (non-hydrogen) atoms. The van der Waals surface area contributed by atoms with E-state index in [1.165, 1.54) is 5.69 Å². The monoisotopic (exact) mass is 261 g/mol. The summed E-state index contributed by atoms with van der Waals surface area (Å²) in [6.07, 6.45) is 1.74. The molecule has 0 aliphatic carbocycles. The smallest absolute Gasteiger partial charge is 0.136 e. The van der Waals surface area contributed by atoms with Gasteiger partial charge in [0, 0.05) is 18.0 Å². The second-order valence-corrected chi connectivity index (χ2v) is 5.32.